The van der Waals surface area contributed by atoms with Gasteiger partial charge >= 0.3 is 0 Å². The third kappa shape index (κ3) is 4.35. The van der Waals surface area contributed by atoms with Crippen molar-refractivity contribution in [3.8, 4) is 0 Å². The molecule has 0 fully saturated rings. The zero-order valence-electron chi connectivity index (χ0n) is 7.10. The summed E-state index contributed by atoms with van der Waals surface area (Å²) < 4.78 is 21.7. The Labute approximate surface area is 73.1 Å². The average Bonchev–Trinajstić information content (AvgIpc) is 1.95. The third-order valence-electron chi connectivity index (χ3n) is 1.68. The van der Waals surface area contributed by atoms with Crippen molar-refractivity contribution in [1.29, 1.82) is 0 Å². The van der Waals surface area contributed by atoms with Crippen LogP contribution in [0.1, 0.15) is 26.2 Å². The fourth-order valence-electron chi connectivity index (χ4n) is 0.957. The molecule has 0 aromatic carbocycles. The van der Waals surface area contributed by atoms with E-state index in [9.17, 15) is 8.42 Å². The molecule has 0 heterocycles. The fraction of sp³-hybridized carbons (Fsp3) is 0.714. The number of hydrogen-bond acceptors (Lipinski definition) is 3. The minimum Gasteiger partial charge on any atom is -0.516 e. The molecule has 0 aromatic heterocycles. The zero-order chi connectivity index (χ0) is 9.61. The monoisotopic (exact) mass is 193 g/mol. The molecule has 5 heteroatoms. The summed E-state index contributed by atoms with van der Waals surface area (Å²) in [4.78, 5) is 0. The Morgan fingerprint density at radius 1 is 1.58 bits per heavy atom. The lowest BCUT2D eigenvalue weighted by Crippen LogP contribution is -2.27. The average molecular weight is 193 g/mol. The maximum Gasteiger partial charge on any atom is 0.211 e. The van der Waals surface area contributed by atoms with Gasteiger partial charge in [0.25, 0.3) is 0 Å². The molecule has 0 spiro atoms. The molecule has 0 aliphatic carbocycles. The van der Waals surface area contributed by atoms with Crippen molar-refractivity contribution in [3.63, 3.8) is 0 Å². The number of aliphatic hydroxyl groups is 1. The van der Waals surface area contributed by atoms with E-state index in [-0.39, 0.29) is 0 Å². The quantitative estimate of drug-likeness (QED) is 0.637. The summed E-state index contributed by atoms with van der Waals surface area (Å²) in [5.41, 5.74) is 0. The van der Waals surface area contributed by atoms with Crippen LogP contribution in [0, 0.1) is 0 Å². The Bertz CT molecular complexity index is 233. The molecular weight excluding hydrogens is 178 g/mol. The largest absolute Gasteiger partial charge is 0.516 e. The van der Waals surface area contributed by atoms with Crippen LogP contribution in [0.2, 0.25) is 0 Å². The Hall–Kier alpha value is -0.550. The fourth-order valence-corrected chi connectivity index (χ4v) is 1.89. The molecule has 72 valence electrons. The first kappa shape index (κ1) is 11.4. The van der Waals surface area contributed by atoms with Crippen molar-refractivity contribution in [2.45, 2.75) is 31.4 Å². The van der Waals surface area contributed by atoms with Gasteiger partial charge in [-0.2, -0.15) is 0 Å². The first-order valence-corrected chi connectivity index (χ1v) is 5.44. The zero-order valence-corrected chi connectivity index (χ0v) is 7.92. The van der Waals surface area contributed by atoms with Crippen LogP contribution in [0.5, 0.6) is 0 Å². The Balaban J connectivity index is 4.02. The van der Waals surface area contributed by atoms with Crippen LogP contribution in [0.15, 0.2) is 12.3 Å². The van der Waals surface area contributed by atoms with Crippen LogP contribution < -0.4 is 5.14 Å². The molecule has 3 N–H and O–H groups in total. The van der Waals surface area contributed by atoms with Crippen molar-refractivity contribution in [3.05, 3.63) is 12.3 Å². The van der Waals surface area contributed by atoms with Crippen molar-refractivity contribution < 1.29 is 13.5 Å². The lowest BCUT2D eigenvalue weighted by Gasteiger charge is -2.09. The van der Waals surface area contributed by atoms with E-state index in [1.165, 1.54) is 6.08 Å². The van der Waals surface area contributed by atoms with Gasteiger partial charge in [0, 0.05) is 0 Å². The molecule has 0 saturated carbocycles. The predicted octanol–water partition coefficient (Wildman–Crippen LogP) is 0.905. The Morgan fingerprint density at radius 2 is 2.17 bits per heavy atom. The lowest BCUT2D eigenvalue weighted by atomic mass is 10.2. The van der Waals surface area contributed by atoms with Crippen LogP contribution >= 0.6 is 0 Å². The standard InChI is InChI=1S/C7H15NO3S/c1-2-7(12(8,10)11)5-3-4-6-9/h4,6-7,9H,2-3,5H2,1H3,(H2,8,10,11)/t7-/m0/s1. The van der Waals surface area contributed by atoms with Crippen LogP contribution in [-0.2, 0) is 10.0 Å². The van der Waals surface area contributed by atoms with E-state index in [2.05, 4.69) is 0 Å². The molecule has 0 amide bonds. The van der Waals surface area contributed by atoms with E-state index in [1.807, 2.05) is 0 Å². The molecule has 0 saturated heterocycles. The molecular formula is C7H15NO3S. The maximum absolute atomic E-state index is 10.8. The highest BCUT2D eigenvalue weighted by Crippen LogP contribution is 2.09. The van der Waals surface area contributed by atoms with Crippen molar-refractivity contribution in [2.24, 2.45) is 5.14 Å². The van der Waals surface area contributed by atoms with Crippen molar-refractivity contribution >= 4 is 10.0 Å². The lowest BCUT2D eigenvalue weighted by molar-refractivity contribution is 0.469. The van der Waals surface area contributed by atoms with Gasteiger partial charge < -0.3 is 5.11 Å². The van der Waals surface area contributed by atoms with Gasteiger partial charge in [0.2, 0.25) is 10.0 Å². The minimum atomic E-state index is -3.41. The van der Waals surface area contributed by atoms with E-state index in [0.29, 0.717) is 19.3 Å². The summed E-state index contributed by atoms with van der Waals surface area (Å²) in [7, 11) is -3.41. The topological polar surface area (TPSA) is 80.4 Å². The second kappa shape index (κ2) is 5.16. The van der Waals surface area contributed by atoms with Gasteiger partial charge in [-0.1, -0.05) is 13.0 Å². The van der Waals surface area contributed by atoms with Crippen molar-refractivity contribution in [1.82, 2.24) is 0 Å². The first-order chi connectivity index (χ1) is 5.52. The molecule has 0 aliphatic heterocycles. The third-order valence-corrected chi connectivity index (χ3v) is 3.18. The molecule has 4 nitrogen and oxygen atoms in total. The second-order valence-electron chi connectivity index (χ2n) is 2.58. The SMILES string of the molecule is CC[C@@H](CCC=CO)S(N)(=O)=O. The number of rotatable bonds is 5. The molecule has 0 rings (SSSR count). The van der Waals surface area contributed by atoms with Gasteiger partial charge in [-0.05, 0) is 19.3 Å². The summed E-state index contributed by atoms with van der Waals surface area (Å²) in [5.74, 6) is 0. The van der Waals surface area contributed by atoms with E-state index >= 15 is 0 Å². The second-order valence-corrected chi connectivity index (χ2v) is 4.43. The summed E-state index contributed by atoms with van der Waals surface area (Å²) in [6, 6.07) is 0. The first-order valence-electron chi connectivity index (χ1n) is 3.83. The van der Waals surface area contributed by atoms with E-state index in [1.54, 1.807) is 6.92 Å². The maximum atomic E-state index is 10.8. The molecule has 0 radical (unpaired) electrons. The number of nitrogens with two attached hydrogens (primary N) is 1. The number of sulfonamides is 1. The molecule has 0 bridgehead atoms. The van der Waals surface area contributed by atoms with Crippen LogP contribution in [-0.4, -0.2) is 18.8 Å². The van der Waals surface area contributed by atoms with Gasteiger partial charge in [0.15, 0.2) is 0 Å². The van der Waals surface area contributed by atoms with Crippen LogP contribution in [0.4, 0.5) is 0 Å². The summed E-state index contributed by atoms with van der Waals surface area (Å²) in [5, 5.41) is 12.8. The number of allylic oxidation sites excluding steroid dienone is 1. The van der Waals surface area contributed by atoms with Gasteiger partial charge in [0.1, 0.15) is 0 Å². The van der Waals surface area contributed by atoms with Gasteiger partial charge in [-0.25, -0.2) is 13.6 Å². The number of hydrogen-bond donors (Lipinski definition) is 2. The highest BCUT2D eigenvalue weighted by molar-refractivity contribution is 7.89. The van der Waals surface area contributed by atoms with Crippen LogP contribution in [0.3, 0.4) is 0 Å². The highest BCUT2D eigenvalue weighted by Gasteiger charge is 2.17. The molecule has 0 aliphatic rings. The van der Waals surface area contributed by atoms with E-state index in [4.69, 9.17) is 10.2 Å². The molecule has 0 unspecified atom stereocenters. The summed E-state index contributed by atoms with van der Waals surface area (Å²) >= 11 is 0. The summed E-state index contributed by atoms with van der Waals surface area (Å²) in [6.45, 7) is 1.78. The van der Waals surface area contributed by atoms with Gasteiger partial charge in [-0.15, -0.1) is 0 Å². The van der Waals surface area contributed by atoms with Crippen LogP contribution in [0.25, 0.3) is 0 Å². The molecule has 0 aromatic rings. The smallest absolute Gasteiger partial charge is 0.211 e. The van der Waals surface area contributed by atoms with E-state index < -0.39 is 15.3 Å². The summed E-state index contributed by atoms with van der Waals surface area (Å²) in [6.07, 6.45) is 3.93. The molecule has 12 heavy (non-hydrogen) atoms. The van der Waals surface area contributed by atoms with Gasteiger partial charge in [-0.3, -0.25) is 0 Å². The minimum absolute atomic E-state index is 0.465. The van der Waals surface area contributed by atoms with Gasteiger partial charge in [0.05, 0.1) is 11.5 Å². The highest BCUT2D eigenvalue weighted by atomic mass is 32.2. The number of primary sulfonamides is 1. The Kier molecular flexibility index (Phi) is 4.92. The Morgan fingerprint density at radius 3 is 2.50 bits per heavy atom. The normalized spacial score (nSPS) is 15.2. The van der Waals surface area contributed by atoms with E-state index in [0.717, 1.165) is 6.26 Å². The predicted molar refractivity (Wildman–Crippen MR) is 48.2 cm³/mol. The molecule has 1 atom stereocenters. The van der Waals surface area contributed by atoms with Crippen molar-refractivity contribution in [2.75, 3.05) is 0 Å². The number of aliphatic hydroxyl groups excluding tert-OH is 1.